The first-order chi connectivity index (χ1) is 27.2. The van der Waals surface area contributed by atoms with Crippen molar-refractivity contribution in [3.63, 3.8) is 0 Å². The van der Waals surface area contributed by atoms with Crippen molar-refractivity contribution in [3.05, 3.63) is 155 Å². The molecule has 0 saturated heterocycles. The quantitative estimate of drug-likeness (QED) is 0.0952. The molecule has 2 aromatic carbocycles. The largest absolute Gasteiger partial charge is 2.00 e. The van der Waals surface area contributed by atoms with Crippen LogP contribution >= 0.6 is 0 Å². The second-order valence-electron chi connectivity index (χ2n) is 12.8. The minimum Gasteiger partial charge on any atom is -0.619 e. The summed E-state index contributed by atoms with van der Waals surface area (Å²) in [4.78, 5) is 17.3. The standard InChI is InChI=1S/2C22H18N4O2.2Pd/c1-14-11-15(2)20(13-19(14)27-21-8-4-5-10-23-21)28-22-9-6-7-17(24-22)18-12-16(3)25-26-18;1-14-11-15(2)19(13-17(14)18-12-16(3)25-26-18)27-21-8-6-9-22(24-21)28-20-7-4-5-10-23-20;;/h2*4-12H,1-3H3;;/q2*-2;2*+2. The zero-order chi connectivity index (χ0) is 39.0. The van der Waals surface area contributed by atoms with Crippen LogP contribution in [0.1, 0.15) is 33.6 Å². The minimum absolute atomic E-state index is 0. The topological polar surface area (TPSA) is 142 Å². The summed E-state index contributed by atoms with van der Waals surface area (Å²) in [5.41, 5.74) is 8.66. The number of hydrogen-bond acceptors (Lipinski definition) is 10. The van der Waals surface area contributed by atoms with E-state index in [1.807, 2.05) is 108 Å². The molecule has 0 aliphatic carbocycles. The van der Waals surface area contributed by atoms with Crippen LogP contribution in [0.15, 0.2) is 109 Å². The van der Waals surface area contributed by atoms with Gasteiger partial charge < -0.3 is 39.3 Å². The summed E-state index contributed by atoms with van der Waals surface area (Å²) in [6, 6.07) is 36.1. The molecule has 8 aromatic rings. The zero-order valence-electron chi connectivity index (χ0n) is 32.2. The van der Waals surface area contributed by atoms with Crippen LogP contribution in [-0.2, 0) is 40.8 Å². The minimum atomic E-state index is 0. The number of ether oxygens (including phenoxy) is 4. The van der Waals surface area contributed by atoms with Gasteiger partial charge in [-0.25, -0.2) is 20.6 Å². The van der Waals surface area contributed by atoms with E-state index in [9.17, 15) is 0 Å². The maximum atomic E-state index is 6.00. The van der Waals surface area contributed by atoms with Gasteiger partial charge >= 0.3 is 40.8 Å². The summed E-state index contributed by atoms with van der Waals surface area (Å²) >= 11 is 0. The van der Waals surface area contributed by atoms with Gasteiger partial charge in [0.1, 0.15) is 0 Å². The van der Waals surface area contributed by atoms with Gasteiger partial charge in [0, 0.05) is 65.6 Å². The first kappa shape index (κ1) is 43.1. The average molecular weight is 954 g/mol. The summed E-state index contributed by atoms with van der Waals surface area (Å²) in [6.45, 7) is 11.7. The summed E-state index contributed by atoms with van der Waals surface area (Å²) in [7, 11) is 0. The average Bonchev–Trinajstić information content (AvgIpc) is 3.84. The molecule has 0 aliphatic heterocycles. The van der Waals surface area contributed by atoms with Crippen molar-refractivity contribution < 1.29 is 59.8 Å². The molecule has 0 fully saturated rings. The van der Waals surface area contributed by atoms with Crippen molar-refractivity contribution in [1.29, 1.82) is 0 Å². The second-order valence-corrected chi connectivity index (χ2v) is 12.8. The zero-order valence-corrected chi connectivity index (χ0v) is 35.3. The maximum Gasteiger partial charge on any atom is 2.00 e. The van der Waals surface area contributed by atoms with Crippen LogP contribution in [0.25, 0.3) is 22.6 Å². The SMILES string of the molecule is Cc1cc(-c2[c-]c(Oc3cccc(Oc4ccccn4)n3)c(C)cc2C)[n-]n1.Cc1cc(-c2cccc(Oc3[c-]c(Oc4ccccn4)c(C)cc3C)n2)[n-]n1.[Pd+2].[Pd+2]. The van der Waals surface area contributed by atoms with Crippen LogP contribution in [0.4, 0.5) is 0 Å². The molecule has 6 heterocycles. The van der Waals surface area contributed by atoms with Gasteiger partial charge in [-0.15, -0.1) is 22.8 Å². The van der Waals surface area contributed by atoms with E-state index < -0.39 is 0 Å². The van der Waals surface area contributed by atoms with Crippen molar-refractivity contribution in [2.45, 2.75) is 41.5 Å². The van der Waals surface area contributed by atoms with Gasteiger partial charge in [0.2, 0.25) is 29.4 Å². The smallest absolute Gasteiger partial charge is 0.619 e. The molecule has 0 aliphatic rings. The summed E-state index contributed by atoms with van der Waals surface area (Å²) in [6.07, 6.45) is 3.34. The molecule has 0 unspecified atom stereocenters. The van der Waals surface area contributed by atoms with E-state index in [4.69, 9.17) is 18.9 Å². The molecule has 14 heteroatoms. The Morgan fingerprint density at radius 2 is 0.914 bits per heavy atom. The Morgan fingerprint density at radius 3 is 1.47 bits per heavy atom. The predicted octanol–water partition coefficient (Wildman–Crippen LogP) is 9.61. The van der Waals surface area contributed by atoms with Gasteiger partial charge in [-0.05, 0) is 32.0 Å². The number of aromatic nitrogens is 8. The van der Waals surface area contributed by atoms with Crippen LogP contribution < -0.4 is 29.1 Å². The van der Waals surface area contributed by atoms with Crippen molar-refractivity contribution in [3.8, 4) is 69.3 Å². The third-order valence-electron chi connectivity index (χ3n) is 8.17. The fourth-order valence-corrected chi connectivity index (χ4v) is 5.50. The fraction of sp³-hybridized carbons (Fsp3) is 0.136. The number of aryl methyl sites for hydroxylation is 6. The summed E-state index contributed by atoms with van der Waals surface area (Å²) < 4.78 is 23.5. The number of rotatable bonds is 10. The first-order valence-corrected chi connectivity index (χ1v) is 17.7. The Morgan fingerprint density at radius 1 is 0.448 bits per heavy atom. The molecular weight excluding hydrogens is 917 g/mol. The van der Waals surface area contributed by atoms with Gasteiger partial charge in [-0.1, -0.05) is 87.5 Å². The first-order valence-electron chi connectivity index (χ1n) is 17.7. The van der Waals surface area contributed by atoms with E-state index in [1.54, 1.807) is 42.7 Å². The molecule has 6 aromatic heterocycles. The number of hydrogen-bond donors (Lipinski definition) is 0. The van der Waals surface area contributed by atoms with Gasteiger partial charge in [0.05, 0.1) is 11.4 Å². The molecule has 0 atom stereocenters. The molecule has 0 radical (unpaired) electrons. The van der Waals surface area contributed by atoms with E-state index in [1.165, 1.54) is 0 Å². The Bertz CT molecular complexity index is 2580. The molecular formula is C44H36N8O4Pd2. The maximum absolute atomic E-state index is 6.00. The van der Waals surface area contributed by atoms with Gasteiger partial charge in [-0.3, -0.25) is 0 Å². The van der Waals surface area contributed by atoms with Crippen LogP contribution in [0.5, 0.6) is 46.6 Å². The molecule has 0 saturated carbocycles. The Balaban J connectivity index is 0.000000214. The van der Waals surface area contributed by atoms with Crippen molar-refractivity contribution in [2.75, 3.05) is 0 Å². The summed E-state index contributed by atoms with van der Waals surface area (Å²) in [5.74, 6) is 3.93. The monoisotopic (exact) mass is 952 g/mol. The molecule has 12 nitrogen and oxygen atoms in total. The number of nitrogens with zero attached hydrogens (tertiary/aromatic N) is 8. The van der Waals surface area contributed by atoms with Crippen molar-refractivity contribution in [1.82, 2.24) is 40.3 Å². The Hall–Kier alpha value is -6.02. The molecule has 296 valence electrons. The van der Waals surface area contributed by atoms with Crippen LogP contribution in [0, 0.1) is 53.7 Å². The predicted molar refractivity (Wildman–Crippen MR) is 209 cm³/mol. The molecule has 0 bridgehead atoms. The van der Waals surface area contributed by atoms with Crippen LogP contribution in [-0.4, -0.2) is 30.1 Å². The van der Waals surface area contributed by atoms with Gasteiger partial charge in [0.25, 0.3) is 0 Å². The van der Waals surface area contributed by atoms with Crippen LogP contribution in [0.2, 0.25) is 0 Å². The van der Waals surface area contributed by atoms with E-state index >= 15 is 0 Å². The van der Waals surface area contributed by atoms with E-state index in [2.05, 4.69) is 52.5 Å². The fourth-order valence-electron chi connectivity index (χ4n) is 5.50. The Labute approximate surface area is 364 Å². The van der Waals surface area contributed by atoms with Crippen molar-refractivity contribution in [2.24, 2.45) is 0 Å². The number of benzene rings is 2. The number of pyridine rings is 4. The van der Waals surface area contributed by atoms with E-state index in [0.717, 1.165) is 44.9 Å². The normalized spacial score (nSPS) is 10.3. The van der Waals surface area contributed by atoms with Gasteiger partial charge in [0.15, 0.2) is 0 Å². The molecule has 0 N–H and O–H groups in total. The van der Waals surface area contributed by atoms with Gasteiger partial charge in [-0.2, -0.15) is 16.6 Å². The second kappa shape index (κ2) is 19.9. The van der Waals surface area contributed by atoms with E-state index in [-0.39, 0.29) is 40.8 Å². The third-order valence-corrected chi connectivity index (χ3v) is 8.17. The molecule has 0 spiro atoms. The van der Waals surface area contributed by atoms with E-state index in [0.29, 0.717) is 58.0 Å². The third kappa shape index (κ3) is 11.1. The van der Waals surface area contributed by atoms with Crippen LogP contribution in [0.3, 0.4) is 0 Å². The Kier molecular flexibility index (Phi) is 14.8. The molecule has 58 heavy (non-hydrogen) atoms. The molecule has 0 amide bonds. The van der Waals surface area contributed by atoms with Crippen molar-refractivity contribution >= 4 is 0 Å². The summed E-state index contributed by atoms with van der Waals surface area (Å²) in [5, 5.41) is 16.4. The molecule has 8 rings (SSSR count).